The molecule has 5 nitrogen and oxygen atoms in total. The third-order valence-corrected chi connectivity index (χ3v) is 6.21. The van der Waals surface area contributed by atoms with Crippen molar-refractivity contribution < 1.29 is 22.3 Å². The molecule has 1 unspecified atom stereocenters. The topological polar surface area (TPSA) is 72.5 Å². The minimum atomic E-state index is -4.04. The molecule has 3 rings (SSSR count). The van der Waals surface area contributed by atoms with Gasteiger partial charge >= 0.3 is 6.09 Å². The summed E-state index contributed by atoms with van der Waals surface area (Å²) in [6, 6.07) is 20.3. The van der Waals surface area contributed by atoms with E-state index in [4.69, 9.17) is 4.74 Å². The van der Waals surface area contributed by atoms with Crippen molar-refractivity contribution in [3.8, 4) is 0 Å². The molecule has 0 aliphatic heterocycles. The van der Waals surface area contributed by atoms with Crippen LogP contribution in [-0.4, -0.2) is 14.5 Å². The molecular formula is C22H20FNO4S. The van der Waals surface area contributed by atoms with Crippen LogP contribution in [0.1, 0.15) is 22.1 Å². The lowest BCUT2D eigenvalue weighted by atomic mass is 10.2. The van der Waals surface area contributed by atoms with E-state index in [1.54, 1.807) is 36.4 Å². The summed E-state index contributed by atoms with van der Waals surface area (Å²) in [6.45, 7) is 1.81. The highest BCUT2D eigenvalue weighted by molar-refractivity contribution is 7.91. The number of hydrogen-bond acceptors (Lipinski definition) is 4. The van der Waals surface area contributed by atoms with E-state index in [0.29, 0.717) is 0 Å². The smallest absolute Gasteiger partial charge is 0.408 e. The monoisotopic (exact) mass is 413 g/mol. The van der Waals surface area contributed by atoms with Crippen LogP contribution in [0.2, 0.25) is 0 Å². The van der Waals surface area contributed by atoms with Crippen molar-refractivity contribution in [1.29, 1.82) is 0 Å². The van der Waals surface area contributed by atoms with Gasteiger partial charge in [0, 0.05) is 0 Å². The Hall–Kier alpha value is -3.19. The molecular weight excluding hydrogens is 393 g/mol. The lowest BCUT2D eigenvalue weighted by Crippen LogP contribution is -2.34. The number of alkyl carbamates (subject to hydrolysis) is 1. The van der Waals surface area contributed by atoms with Crippen LogP contribution in [0.5, 0.6) is 0 Å². The van der Waals surface area contributed by atoms with Gasteiger partial charge in [-0.25, -0.2) is 17.6 Å². The maximum atomic E-state index is 13.7. The van der Waals surface area contributed by atoms with Gasteiger partial charge < -0.3 is 10.1 Å². The number of benzene rings is 3. The first-order chi connectivity index (χ1) is 13.9. The second-order valence-electron chi connectivity index (χ2n) is 6.50. The standard InChI is InChI=1S/C22H20FNO4S/c1-16-10-12-20(13-11-16)29(26,27)21(18-8-5-9-19(23)14-18)24-22(25)28-15-17-6-3-2-4-7-17/h2-14,21H,15H2,1H3,(H,24,25). The van der Waals surface area contributed by atoms with Gasteiger partial charge in [0.1, 0.15) is 12.4 Å². The van der Waals surface area contributed by atoms with Gasteiger partial charge in [0.25, 0.3) is 0 Å². The summed E-state index contributed by atoms with van der Waals surface area (Å²) in [6.07, 6.45) is -0.918. The highest BCUT2D eigenvalue weighted by atomic mass is 32.2. The van der Waals surface area contributed by atoms with Crippen LogP contribution in [0, 0.1) is 12.7 Å². The van der Waals surface area contributed by atoms with Gasteiger partial charge in [-0.3, -0.25) is 0 Å². The SMILES string of the molecule is Cc1ccc(S(=O)(=O)C(NC(=O)OCc2ccccc2)c2cccc(F)c2)cc1. The molecule has 0 fully saturated rings. The van der Waals surface area contributed by atoms with E-state index < -0.39 is 27.1 Å². The third kappa shape index (κ3) is 5.20. The second kappa shape index (κ2) is 8.87. The molecule has 0 saturated heterocycles. The Balaban J connectivity index is 1.87. The minimum Gasteiger partial charge on any atom is -0.445 e. The van der Waals surface area contributed by atoms with Crippen LogP contribution in [-0.2, 0) is 21.2 Å². The van der Waals surface area contributed by atoms with E-state index in [-0.39, 0.29) is 17.1 Å². The zero-order chi connectivity index (χ0) is 20.9. The van der Waals surface area contributed by atoms with Crippen LogP contribution >= 0.6 is 0 Å². The summed E-state index contributed by atoms with van der Waals surface area (Å²) < 4.78 is 45.2. The molecule has 29 heavy (non-hydrogen) atoms. The first-order valence-corrected chi connectivity index (χ1v) is 10.4. The van der Waals surface area contributed by atoms with Crippen LogP contribution in [0.25, 0.3) is 0 Å². The number of carbonyl (C=O) groups is 1. The number of aryl methyl sites for hydroxylation is 1. The Kier molecular flexibility index (Phi) is 6.29. The number of sulfone groups is 1. The summed E-state index contributed by atoms with van der Waals surface area (Å²) >= 11 is 0. The van der Waals surface area contributed by atoms with Crippen LogP contribution < -0.4 is 5.32 Å². The summed E-state index contributed by atoms with van der Waals surface area (Å²) in [5.41, 5.74) is 1.75. The molecule has 1 amide bonds. The number of amides is 1. The first-order valence-electron chi connectivity index (χ1n) is 8.89. The summed E-state index contributed by atoms with van der Waals surface area (Å²) in [7, 11) is -4.04. The Morgan fingerprint density at radius 1 is 1.00 bits per heavy atom. The number of carbonyl (C=O) groups excluding carboxylic acids is 1. The van der Waals surface area contributed by atoms with Crippen LogP contribution in [0.3, 0.4) is 0 Å². The highest BCUT2D eigenvalue weighted by Crippen LogP contribution is 2.27. The zero-order valence-electron chi connectivity index (χ0n) is 15.7. The van der Waals surface area contributed by atoms with Gasteiger partial charge in [-0.05, 0) is 42.3 Å². The van der Waals surface area contributed by atoms with E-state index in [0.717, 1.165) is 17.2 Å². The maximum Gasteiger partial charge on any atom is 0.408 e. The largest absolute Gasteiger partial charge is 0.445 e. The fourth-order valence-electron chi connectivity index (χ4n) is 2.75. The molecule has 1 atom stereocenters. The summed E-state index contributed by atoms with van der Waals surface area (Å²) in [5.74, 6) is -0.606. The summed E-state index contributed by atoms with van der Waals surface area (Å²) in [5, 5.41) is 0.872. The quantitative estimate of drug-likeness (QED) is 0.644. The molecule has 0 saturated carbocycles. The Bertz CT molecular complexity index is 1080. The predicted molar refractivity (Wildman–Crippen MR) is 107 cm³/mol. The van der Waals surface area contributed by atoms with E-state index in [9.17, 15) is 17.6 Å². The lowest BCUT2D eigenvalue weighted by Gasteiger charge is -2.20. The first kappa shape index (κ1) is 20.5. The van der Waals surface area contributed by atoms with E-state index in [2.05, 4.69) is 5.32 Å². The highest BCUT2D eigenvalue weighted by Gasteiger charge is 2.31. The minimum absolute atomic E-state index is 0.0146. The predicted octanol–water partition coefficient (Wildman–Crippen LogP) is 4.53. The van der Waals surface area contributed by atoms with Crippen molar-refractivity contribution >= 4 is 15.9 Å². The Morgan fingerprint density at radius 2 is 1.69 bits per heavy atom. The fourth-order valence-corrected chi connectivity index (χ4v) is 4.29. The van der Waals surface area contributed by atoms with Crippen molar-refractivity contribution in [1.82, 2.24) is 5.32 Å². The summed E-state index contributed by atoms with van der Waals surface area (Å²) in [4.78, 5) is 12.3. The molecule has 0 aliphatic rings. The lowest BCUT2D eigenvalue weighted by molar-refractivity contribution is 0.138. The molecule has 0 bridgehead atoms. The molecule has 0 heterocycles. The number of hydrogen-bond donors (Lipinski definition) is 1. The van der Waals surface area contributed by atoms with Crippen molar-refractivity contribution in [3.05, 3.63) is 101 Å². The molecule has 3 aromatic rings. The molecule has 1 N–H and O–H groups in total. The van der Waals surface area contributed by atoms with E-state index in [1.165, 1.54) is 30.3 Å². The molecule has 0 radical (unpaired) electrons. The molecule has 7 heteroatoms. The van der Waals surface area contributed by atoms with Gasteiger partial charge in [0.05, 0.1) is 4.90 Å². The molecule has 0 aliphatic carbocycles. The maximum absolute atomic E-state index is 13.7. The number of rotatable bonds is 6. The van der Waals surface area contributed by atoms with Crippen LogP contribution in [0.4, 0.5) is 9.18 Å². The molecule has 150 valence electrons. The number of ether oxygens (including phenoxy) is 1. The van der Waals surface area contributed by atoms with Gasteiger partial charge in [-0.15, -0.1) is 0 Å². The normalized spacial score (nSPS) is 12.2. The van der Waals surface area contributed by atoms with E-state index in [1.807, 2.05) is 13.0 Å². The van der Waals surface area contributed by atoms with Gasteiger partial charge in [-0.2, -0.15) is 0 Å². The average Bonchev–Trinajstić information content (AvgIpc) is 2.71. The molecule has 0 aromatic heterocycles. The van der Waals surface area contributed by atoms with Gasteiger partial charge in [-0.1, -0.05) is 60.2 Å². The second-order valence-corrected chi connectivity index (χ2v) is 8.53. The van der Waals surface area contributed by atoms with Gasteiger partial charge in [0.2, 0.25) is 9.84 Å². The van der Waals surface area contributed by atoms with Crippen molar-refractivity contribution in [2.75, 3.05) is 0 Å². The fraction of sp³-hybridized carbons (Fsp3) is 0.136. The van der Waals surface area contributed by atoms with Gasteiger partial charge in [0.15, 0.2) is 5.37 Å². The van der Waals surface area contributed by atoms with Crippen LogP contribution in [0.15, 0.2) is 83.8 Å². The van der Waals surface area contributed by atoms with Crippen molar-refractivity contribution in [2.24, 2.45) is 0 Å². The zero-order valence-corrected chi connectivity index (χ0v) is 16.5. The number of nitrogens with one attached hydrogen (secondary N) is 1. The average molecular weight is 413 g/mol. The number of halogens is 1. The third-order valence-electron chi connectivity index (χ3n) is 4.27. The Morgan fingerprint density at radius 3 is 2.34 bits per heavy atom. The van der Waals surface area contributed by atoms with E-state index >= 15 is 0 Å². The molecule has 0 spiro atoms. The van der Waals surface area contributed by atoms with Crippen molar-refractivity contribution in [3.63, 3.8) is 0 Å². The molecule has 3 aromatic carbocycles. The van der Waals surface area contributed by atoms with Crippen molar-refractivity contribution in [2.45, 2.75) is 23.8 Å². The Labute approximate surface area is 169 Å².